The summed E-state index contributed by atoms with van der Waals surface area (Å²) in [5, 5.41) is 1.98. The summed E-state index contributed by atoms with van der Waals surface area (Å²) >= 11 is 4.96. The van der Waals surface area contributed by atoms with Crippen LogP contribution in [0.2, 0.25) is 0 Å². The van der Waals surface area contributed by atoms with E-state index in [1.807, 2.05) is 23.6 Å². The van der Waals surface area contributed by atoms with Crippen molar-refractivity contribution in [2.45, 2.75) is 6.42 Å². The molecule has 1 heterocycles. The third-order valence-corrected chi connectivity index (χ3v) is 4.06. The first kappa shape index (κ1) is 12.3. The van der Waals surface area contributed by atoms with Crippen LogP contribution in [0.3, 0.4) is 0 Å². The van der Waals surface area contributed by atoms with Crippen LogP contribution in [0, 0.1) is 0 Å². The van der Waals surface area contributed by atoms with E-state index in [0.717, 1.165) is 9.35 Å². The molecule has 1 aromatic carbocycles. The monoisotopic (exact) mass is 310 g/mol. The molecule has 88 valence electrons. The lowest BCUT2D eigenvalue weighted by molar-refractivity contribution is 0.0991. The van der Waals surface area contributed by atoms with Crippen molar-refractivity contribution in [3.63, 3.8) is 0 Å². The first-order valence-corrected chi connectivity index (χ1v) is 6.77. The van der Waals surface area contributed by atoms with Gasteiger partial charge in [0.25, 0.3) is 0 Å². The minimum Gasteiger partial charge on any atom is -0.496 e. The molecule has 0 aliphatic heterocycles. The molecule has 0 amide bonds. The molecule has 2 aromatic rings. The Bertz CT molecular complexity index is 534. The molecule has 0 saturated heterocycles. The molecule has 0 aliphatic rings. The normalized spacial score (nSPS) is 10.2. The van der Waals surface area contributed by atoms with Crippen molar-refractivity contribution in [2.24, 2.45) is 0 Å². The number of hydrogen-bond acceptors (Lipinski definition) is 3. The predicted octanol–water partition coefficient (Wildman–Crippen LogP) is 3.94. The minimum absolute atomic E-state index is 0.0804. The van der Waals surface area contributed by atoms with Gasteiger partial charge in [0.15, 0.2) is 5.78 Å². The Morgan fingerprint density at radius 2 is 2.18 bits per heavy atom. The average Bonchev–Trinajstić information content (AvgIpc) is 2.74. The summed E-state index contributed by atoms with van der Waals surface area (Å²) in [5.41, 5.74) is 0.638. The van der Waals surface area contributed by atoms with E-state index in [9.17, 15) is 4.79 Å². The second-order valence-corrected chi connectivity index (χ2v) is 5.44. The number of ether oxygens (including phenoxy) is 1. The number of ketones is 1. The lowest BCUT2D eigenvalue weighted by Gasteiger charge is -2.06. The van der Waals surface area contributed by atoms with E-state index in [4.69, 9.17) is 4.74 Å². The minimum atomic E-state index is 0.0804. The second kappa shape index (κ2) is 5.47. The Hall–Kier alpha value is -1.13. The zero-order chi connectivity index (χ0) is 12.3. The Balaban J connectivity index is 2.20. The Morgan fingerprint density at radius 3 is 2.82 bits per heavy atom. The maximum Gasteiger partial charge on any atom is 0.171 e. The fourth-order valence-electron chi connectivity index (χ4n) is 1.57. The zero-order valence-electron chi connectivity index (χ0n) is 9.27. The molecule has 17 heavy (non-hydrogen) atoms. The van der Waals surface area contributed by atoms with Gasteiger partial charge in [0.1, 0.15) is 5.75 Å². The van der Waals surface area contributed by atoms with Gasteiger partial charge in [-0.2, -0.15) is 0 Å². The fourth-order valence-corrected chi connectivity index (χ4v) is 3.02. The van der Waals surface area contributed by atoms with E-state index in [1.54, 1.807) is 30.6 Å². The van der Waals surface area contributed by atoms with Crippen molar-refractivity contribution in [3.05, 3.63) is 50.6 Å². The summed E-state index contributed by atoms with van der Waals surface area (Å²) in [7, 11) is 1.58. The molecule has 2 nitrogen and oxygen atoms in total. The molecule has 0 aliphatic carbocycles. The van der Waals surface area contributed by atoms with Gasteiger partial charge in [-0.3, -0.25) is 4.79 Å². The van der Waals surface area contributed by atoms with Crippen molar-refractivity contribution < 1.29 is 9.53 Å². The maximum atomic E-state index is 12.1. The Labute approximate surface area is 112 Å². The Kier molecular flexibility index (Phi) is 3.97. The van der Waals surface area contributed by atoms with E-state index >= 15 is 0 Å². The molecule has 0 N–H and O–H groups in total. The van der Waals surface area contributed by atoms with Crippen LogP contribution in [0.15, 0.2) is 40.2 Å². The van der Waals surface area contributed by atoms with Crippen LogP contribution >= 0.6 is 27.3 Å². The van der Waals surface area contributed by atoms with Crippen molar-refractivity contribution in [1.29, 1.82) is 0 Å². The number of methoxy groups -OCH3 is 1. The van der Waals surface area contributed by atoms with E-state index in [1.165, 1.54) is 0 Å². The molecule has 0 unspecified atom stereocenters. The number of rotatable bonds is 4. The highest BCUT2D eigenvalue weighted by Gasteiger charge is 2.12. The number of hydrogen-bond donors (Lipinski definition) is 0. The summed E-state index contributed by atoms with van der Waals surface area (Å²) < 4.78 is 6.20. The zero-order valence-corrected chi connectivity index (χ0v) is 11.7. The van der Waals surface area contributed by atoms with Crippen LogP contribution in [0.4, 0.5) is 0 Å². The quantitative estimate of drug-likeness (QED) is 0.799. The highest BCUT2D eigenvalue weighted by molar-refractivity contribution is 9.10. The molecule has 2 rings (SSSR count). The van der Waals surface area contributed by atoms with Gasteiger partial charge < -0.3 is 4.74 Å². The van der Waals surface area contributed by atoms with E-state index in [2.05, 4.69) is 15.9 Å². The van der Waals surface area contributed by atoms with Gasteiger partial charge in [-0.1, -0.05) is 12.1 Å². The molecule has 0 bridgehead atoms. The number of halogens is 1. The molecular weight excluding hydrogens is 300 g/mol. The van der Waals surface area contributed by atoms with Crippen LogP contribution in [0.5, 0.6) is 5.75 Å². The maximum absolute atomic E-state index is 12.1. The van der Waals surface area contributed by atoms with Gasteiger partial charge in [0.2, 0.25) is 0 Å². The molecule has 0 fully saturated rings. The van der Waals surface area contributed by atoms with Crippen molar-refractivity contribution in [1.82, 2.24) is 0 Å². The SMILES string of the molecule is COc1ccccc1C(=O)Cc1cc(Br)cs1. The average molecular weight is 311 g/mol. The summed E-state index contributed by atoms with van der Waals surface area (Å²) in [5.74, 6) is 0.713. The summed E-state index contributed by atoms with van der Waals surface area (Å²) in [4.78, 5) is 13.2. The lowest BCUT2D eigenvalue weighted by Crippen LogP contribution is -2.04. The van der Waals surface area contributed by atoms with Gasteiger partial charge in [-0.05, 0) is 34.1 Å². The Morgan fingerprint density at radius 1 is 1.41 bits per heavy atom. The standard InChI is InChI=1S/C13H11BrO2S/c1-16-13-5-3-2-4-11(13)12(15)7-10-6-9(14)8-17-10/h2-6,8H,7H2,1H3. The van der Waals surface area contributed by atoms with Gasteiger partial charge in [-0.15, -0.1) is 11.3 Å². The molecule has 0 radical (unpaired) electrons. The van der Waals surface area contributed by atoms with E-state index in [-0.39, 0.29) is 5.78 Å². The third kappa shape index (κ3) is 2.96. The summed E-state index contributed by atoms with van der Waals surface area (Å²) in [6, 6.07) is 9.27. The van der Waals surface area contributed by atoms with Crippen LogP contribution in [-0.2, 0) is 6.42 Å². The van der Waals surface area contributed by atoms with Crippen LogP contribution in [-0.4, -0.2) is 12.9 Å². The van der Waals surface area contributed by atoms with Crippen molar-refractivity contribution >= 4 is 33.0 Å². The van der Waals surface area contributed by atoms with Crippen LogP contribution in [0.1, 0.15) is 15.2 Å². The molecule has 1 aromatic heterocycles. The highest BCUT2D eigenvalue weighted by Crippen LogP contribution is 2.24. The van der Waals surface area contributed by atoms with Gasteiger partial charge >= 0.3 is 0 Å². The number of thiophene rings is 1. The summed E-state index contributed by atoms with van der Waals surface area (Å²) in [6.07, 6.45) is 0.413. The van der Waals surface area contributed by atoms with Crippen molar-refractivity contribution in [2.75, 3.05) is 7.11 Å². The van der Waals surface area contributed by atoms with Gasteiger partial charge in [0, 0.05) is 21.2 Å². The first-order chi connectivity index (χ1) is 8.20. The van der Waals surface area contributed by atoms with Gasteiger partial charge in [-0.25, -0.2) is 0 Å². The number of benzene rings is 1. The topological polar surface area (TPSA) is 26.3 Å². The predicted molar refractivity (Wildman–Crippen MR) is 73.0 cm³/mol. The van der Waals surface area contributed by atoms with Crippen molar-refractivity contribution in [3.8, 4) is 5.75 Å². The van der Waals surface area contributed by atoms with Crippen LogP contribution in [0.25, 0.3) is 0 Å². The molecular formula is C13H11BrO2S. The number of Topliss-reactive ketones (excluding diaryl/α,β-unsaturated/α-hetero) is 1. The molecule has 0 atom stereocenters. The van der Waals surface area contributed by atoms with Crippen LogP contribution < -0.4 is 4.74 Å². The van der Waals surface area contributed by atoms with E-state index < -0.39 is 0 Å². The molecule has 0 spiro atoms. The molecule has 0 saturated carbocycles. The number of carbonyl (C=O) groups excluding carboxylic acids is 1. The smallest absolute Gasteiger partial charge is 0.171 e. The largest absolute Gasteiger partial charge is 0.496 e. The second-order valence-electron chi connectivity index (χ2n) is 3.53. The lowest BCUT2D eigenvalue weighted by atomic mass is 10.1. The third-order valence-electron chi connectivity index (χ3n) is 2.36. The molecule has 4 heteroatoms. The summed E-state index contributed by atoms with van der Waals surface area (Å²) in [6.45, 7) is 0. The van der Waals surface area contributed by atoms with E-state index in [0.29, 0.717) is 17.7 Å². The highest BCUT2D eigenvalue weighted by atomic mass is 79.9. The fraction of sp³-hybridized carbons (Fsp3) is 0.154. The number of carbonyl (C=O) groups is 1. The first-order valence-electron chi connectivity index (χ1n) is 5.10. The van der Waals surface area contributed by atoms with Gasteiger partial charge in [0.05, 0.1) is 12.7 Å². The number of para-hydroxylation sites is 1.